The molecule has 0 saturated carbocycles. The van der Waals surface area contributed by atoms with Crippen molar-refractivity contribution in [3.8, 4) is 6.07 Å². The van der Waals surface area contributed by atoms with Crippen LogP contribution in [0.1, 0.15) is 18.9 Å². The van der Waals surface area contributed by atoms with Gasteiger partial charge < -0.3 is 10.6 Å². The van der Waals surface area contributed by atoms with Crippen molar-refractivity contribution in [1.82, 2.24) is 10.6 Å². The van der Waals surface area contributed by atoms with Crippen LogP contribution in [0.15, 0.2) is 36.4 Å². The topological polar surface area (TPSA) is 82.0 Å². The van der Waals surface area contributed by atoms with E-state index in [0.717, 1.165) is 5.56 Å². The molecule has 0 spiro atoms. The highest BCUT2D eigenvalue weighted by molar-refractivity contribution is 5.94. The number of rotatable bonds is 6. The highest BCUT2D eigenvalue weighted by Gasteiger charge is 2.07. The van der Waals surface area contributed by atoms with Gasteiger partial charge in [-0.2, -0.15) is 5.26 Å². The molecule has 0 aliphatic rings. The summed E-state index contributed by atoms with van der Waals surface area (Å²) in [5.41, 5.74) is 0.912. The van der Waals surface area contributed by atoms with E-state index in [4.69, 9.17) is 5.26 Å². The van der Waals surface area contributed by atoms with Gasteiger partial charge in [0.15, 0.2) is 0 Å². The van der Waals surface area contributed by atoms with Crippen LogP contribution >= 0.6 is 0 Å². The summed E-state index contributed by atoms with van der Waals surface area (Å²) in [7, 11) is 0. The van der Waals surface area contributed by atoms with Crippen LogP contribution in [0, 0.1) is 11.3 Å². The molecule has 0 aliphatic carbocycles. The first-order chi connectivity index (χ1) is 9.61. The Morgan fingerprint density at radius 2 is 2.05 bits per heavy atom. The zero-order valence-electron chi connectivity index (χ0n) is 11.3. The van der Waals surface area contributed by atoms with Gasteiger partial charge in [-0.3, -0.25) is 9.59 Å². The number of nitriles is 1. The van der Waals surface area contributed by atoms with Gasteiger partial charge in [-0.05, 0) is 18.6 Å². The van der Waals surface area contributed by atoms with Crippen LogP contribution in [0.25, 0.3) is 6.08 Å². The van der Waals surface area contributed by atoms with E-state index in [0.29, 0.717) is 0 Å². The minimum absolute atomic E-state index is 0.103. The van der Waals surface area contributed by atoms with Crippen molar-refractivity contribution in [3.63, 3.8) is 0 Å². The second-order valence-corrected chi connectivity index (χ2v) is 4.29. The van der Waals surface area contributed by atoms with Crippen LogP contribution in [0.2, 0.25) is 0 Å². The second kappa shape index (κ2) is 8.48. The quantitative estimate of drug-likeness (QED) is 0.764. The maximum atomic E-state index is 11.5. The molecule has 104 valence electrons. The number of benzene rings is 1. The van der Waals surface area contributed by atoms with E-state index in [9.17, 15) is 9.59 Å². The van der Waals surface area contributed by atoms with E-state index in [1.807, 2.05) is 36.4 Å². The van der Waals surface area contributed by atoms with Crippen molar-refractivity contribution in [2.75, 3.05) is 6.54 Å². The molecule has 1 atom stereocenters. The zero-order chi connectivity index (χ0) is 14.8. The van der Waals surface area contributed by atoms with E-state index in [2.05, 4.69) is 10.6 Å². The highest BCUT2D eigenvalue weighted by Crippen LogP contribution is 2.00. The molecule has 1 rings (SSSR count). The van der Waals surface area contributed by atoms with Crippen LogP contribution in [0.4, 0.5) is 0 Å². The molecule has 2 N–H and O–H groups in total. The molecule has 0 bridgehead atoms. The molecule has 0 aliphatic heterocycles. The first-order valence-corrected chi connectivity index (χ1v) is 6.29. The number of nitrogens with zero attached hydrogens (tertiary/aromatic N) is 1. The van der Waals surface area contributed by atoms with Gasteiger partial charge in [0.05, 0.1) is 19.0 Å². The number of amides is 2. The first kappa shape index (κ1) is 15.4. The Bertz CT molecular complexity index is 518. The van der Waals surface area contributed by atoms with E-state index in [-0.39, 0.29) is 30.8 Å². The van der Waals surface area contributed by atoms with Gasteiger partial charge in [-0.15, -0.1) is 0 Å². The first-order valence-electron chi connectivity index (χ1n) is 6.29. The molecule has 0 fully saturated rings. The number of carbonyl (C=O) groups excluding carboxylic acids is 2. The molecule has 1 aromatic rings. The van der Waals surface area contributed by atoms with Gasteiger partial charge in [0.25, 0.3) is 0 Å². The van der Waals surface area contributed by atoms with Gasteiger partial charge in [0.1, 0.15) is 0 Å². The lowest BCUT2D eigenvalue weighted by molar-refractivity contribution is -0.124. The summed E-state index contributed by atoms with van der Waals surface area (Å²) < 4.78 is 0. The maximum Gasteiger partial charge on any atom is 0.244 e. The Hall–Kier alpha value is -2.61. The molecule has 0 saturated heterocycles. The Morgan fingerprint density at radius 1 is 1.35 bits per heavy atom. The van der Waals surface area contributed by atoms with E-state index in [1.54, 1.807) is 13.0 Å². The molecule has 5 nitrogen and oxygen atoms in total. The Labute approximate surface area is 118 Å². The molecule has 5 heteroatoms. The largest absolute Gasteiger partial charge is 0.351 e. The Morgan fingerprint density at radius 3 is 2.70 bits per heavy atom. The van der Waals surface area contributed by atoms with Crippen LogP contribution in [0.5, 0.6) is 0 Å². The molecule has 20 heavy (non-hydrogen) atoms. The monoisotopic (exact) mass is 271 g/mol. The molecular formula is C15H17N3O2. The van der Waals surface area contributed by atoms with Gasteiger partial charge in [0, 0.05) is 12.1 Å². The Kier molecular flexibility index (Phi) is 6.55. The van der Waals surface area contributed by atoms with Crippen molar-refractivity contribution in [2.24, 2.45) is 0 Å². The summed E-state index contributed by atoms with van der Waals surface area (Å²) in [6.07, 6.45) is 3.29. The predicted octanol–water partition coefficient (Wildman–Crippen LogP) is 1.23. The third kappa shape index (κ3) is 6.36. The van der Waals surface area contributed by atoms with Crippen LogP contribution in [0.3, 0.4) is 0 Å². The molecule has 0 heterocycles. The molecule has 0 radical (unpaired) electrons. The summed E-state index contributed by atoms with van der Waals surface area (Å²) in [5, 5.41) is 13.6. The lowest BCUT2D eigenvalue weighted by atomic mass is 10.2. The van der Waals surface area contributed by atoms with Crippen LogP contribution in [-0.2, 0) is 9.59 Å². The fraction of sp³-hybridized carbons (Fsp3) is 0.267. The van der Waals surface area contributed by atoms with Crippen molar-refractivity contribution in [2.45, 2.75) is 19.4 Å². The van der Waals surface area contributed by atoms with E-state index < -0.39 is 0 Å². The average molecular weight is 271 g/mol. The van der Waals surface area contributed by atoms with Crippen molar-refractivity contribution >= 4 is 17.9 Å². The van der Waals surface area contributed by atoms with Crippen LogP contribution in [-0.4, -0.2) is 24.4 Å². The summed E-state index contributed by atoms with van der Waals surface area (Å²) in [5.74, 6) is -0.647. The normalized spacial score (nSPS) is 11.6. The summed E-state index contributed by atoms with van der Waals surface area (Å²) in [6, 6.07) is 11.1. The third-order valence-electron chi connectivity index (χ3n) is 2.45. The average Bonchev–Trinajstić information content (AvgIpc) is 2.44. The summed E-state index contributed by atoms with van der Waals surface area (Å²) in [4.78, 5) is 22.9. The highest BCUT2D eigenvalue weighted by atomic mass is 16.2. The lowest BCUT2D eigenvalue weighted by Gasteiger charge is -2.10. The van der Waals surface area contributed by atoms with E-state index in [1.165, 1.54) is 6.08 Å². The molecular weight excluding hydrogens is 254 g/mol. The van der Waals surface area contributed by atoms with Gasteiger partial charge in [0.2, 0.25) is 11.8 Å². The van der Waals surface area contributed by atoms with Crippen molar-refractivity contribution in [3.05, 3.63) is 42.0 Å². The fourth-order valence-corrected chi connectivity index (χ4v) is 1.48. The fourth-order valence-electron chi connectivity index (χ4n) is 1.48. The van der Waals surface area contributed by atoms with Crippen molar-refractivity contribution < 1.29 is 9.59 Å². The maximum absolute atomic E-state index is 11.5. The minimum atomic E-state index is -0.336. The predicted molar refractivity (Wildman–Crippen MR) is 76.3 cm³/mol. The smallest absolute Gasteiger partial charge is 0.244 e. The second-order valence-electron chi connectivity index (χ2n) is 4.29. The minimum Gasteiger partial charge on any atom is -0.351 e. The van der Waals surface area contributed by atoms with Crippen LogP contribution < -0.4 is 10.6 Å². The number of carbonyl (C=O) groups is 2. The SMILES string of the molecule is C[C@@H](CC#N)NC(=O)CNC(=O)/C=C/c1ccccc1. The van der Waals surface area contributed by atoms with Gasteiger partial charge >= 0.3 is 0 Å². The zero-order valence-corrected chi connectivity index (χ0v) is 11.3. The van der Waals surface area contributed by atoms with E-state index >= 15 is 0 Å². The summed E-state index contributed by atoms with van der Waals surface area (Å²) in [6.45, 7) is 1.63. The number of nitrogens with one attached hydrogen (secondary N) is 2. The number of hydrogen-bond acceptors (Lipinski definition) is 3. The number of hydrogen-bond donors (Lipinski definition) is 2. The molecule has 0 aromatic heterocycles. The lowest BCUT2D eigenvalue weighted by Crippen LogP contribution is -2.40. The Balaban J connectivity index is 2.31. The molecule has 2 amide bonds. The summed E-state index contributed by atoms with van der Waals surface area (Å²) >= 11 is 0. The van der Waals surface area contributed by atoms with Gasteiger partial charge in [-0.1, -0.05) is 30.3 Å². The van der Waals surface area contributed by atoms with Gasteiger partial charge in [-0.25, -0.2) is 0 Å². The molecule has 0 unspecified atom stereocenters. The van der Waals surface area contributed by atoms with Crippen molar-refractivity contribution in [1.29, 1.82) is 5.26 Å². The third-order valence-corrected chi connectivity index (χ3v) is 2.45. The standard InChI is InChI=1S/C15H17N3O2/c1-12(9-10-16)18-15(20)11-17-14(19)8-7-13-5-3-2-4-6-13/h2-8,12H,9,11H2,1H3,(H,17,19)(H,18,20)/b8-7+/t12-/m0/s1. The molecule has 1 aromatic carbocycles.